The Balaban J connectivity index is 2.08. The van der Waals surface area contributed by atoms with Gasteiger partial charge in [0.2, 0.25) is 0 Å². The zero-order valence-corrected chi connectivity index (χ0v) is 11.4. The lowest BCUT2D eigenvalue weighted by Crippen LogP contribution is -2.65. The van der Waals surface area contributed by atoms with Gasteiger partial charge in [-0.1, -0.05) is 18.6 Å². The molecule has 0 aromatic heterocycles. The lowest BCUT2D eigenvalue weighted by Gasteiger charge is -2.63. The summed E-state index contributed by atoms with van der Waals surface area (Å²) >= 11 is 0. The van der Waals surface area contributed by atoms with Crippen molar-refractivity contribution in [2.45, 2.75) is 59.0 Å². The average molecular weight is 236 g/mol. The second-order valence-corrected chi connectivity index (χ2v) is 6.59. The molecule has 0 aromatic carbocycles. The topological polar surface area (TPSA) is 37.3 Å². The maximum absolute atomic E-state index is 11.8. The average Bonchev–Trinajstić information content (AvgIpc) is 2.20. The molecule has 96 valence electrons. The molecule has 3 fully saturated rings. The molecule has 0 spiro atoms. The van der Waals surface area contributed by atoms with E-state index in [0.29, 0.717) is 12.3 Å². The fraction of sp³-hybridized carbons (Fsp3) is 0.800. The first kappa shape index (κ1) is 12.8. The van der Waals surface area contributed by atoms with Gasteiger partial charge < -0.3 is 5.11 Å². The zero-order valence-electron chi connectivity index (χ0n) is 11.4. The highest BCUT2D eigenvalue weighted by Gasteiger charge is 2.64. The monoisotopic (exact) mass is 236 g/mol. The van der Waals surface area contributed by atoms with Crippen LogP contribution >= 0.6 is 0 Å². The Hall–Kier alpha value is -0.630. The van der Waals surface area contributed by atoms with Crippen LogP contribution in [0.25, 0.3) is 0 Å². The first-order chi connectivity index (χ1) is 7.78. The van der Waals surface area contributed by atoms with Gasteiger partial charge in [0.05, 0.1) is 0 Å². The van der Waals surface area contributed by atoms with Crippen molar-refractivity contribution in [2.24, 2.45) is 17.3 Å². The van der Waals surface area contributed by atoms with E-state index in [1.54, 1.807) is 6.92 Å². The minimum Gasteiger partial charge on any atom is -0.382 e. The number of Topliss-reactive ketones (excluding diaryl/α,β-unsaturated/α-hetero) is 1. The molecule has 0 heterocycles. The van der Waals surface area contributed by atoms with Crippen LogP contribution in [0.5, 0.6) is 0 Å². The van der Waals surface area contributed by atoms with E-state index in [1.165, 1.54) is 5.57 Å². The van der Waals surface area contributed by atoms with Crippen LogP contribution < -0.4 is 0 Å². The van der Waals surface area contributed by atoms with Gasteiger partial charge in [0.1, 0.15) is 5.60 Å². The van der Waals surface area contributed by atoms with Crippen molar-refractivity contribution in [2.75, 3.05) is 0 Å². The van der Waals surface area contributed by atoms with E-state index < -0.39 is 5.60 Å². The maximum Gasteiger partial charge on any atom is 0.164 e. The Morgan fingerprint density at radius 3 is 2.65 bits per heavy atom. The standard InChI is InChI=1S/C15H24O2/c1-10(2)6-5-7-14(3)11-8-12(14)15(4,17)13(16)9-11/h6,11-12,17H,5,7-9H2,1-4H3/t11-,12-,14-,15-/m1/s1. The van der Waals surface area contributed by atoms with E-state index in [4.69, 9.17) is 0 Å². The van der Waals surface area contributed by atoms with Gasteiger partial charge in [-0.2, -0.15) is 0 Å². The lowest BCUT2D eigenvalue weighted by molar-refractivity contribution is -0.202. The van der Waals surface area contributed by atoms with Gasteiger partial charge >= 0.3 is 0 Å². The van der Waals surface area contributed by atoms with Crippen molar-refractivity contribution in [3.63, 3.8) is 0 Å². The first-order valence-electron chi connectivity index (χ1n) is 6.67. The Morgan fingerprint density at radius 2 is 2.12 bits per heavy atom. The number of rotatable bonds is 3. The number of ketones is 1. The fourth-order valence-corrected chi connectivity index (χ4v) is 3.81. The van der Waals surface area contributed by atoms with Crippen molar-refractivity contribution >= 4 is 5.78 Å². The Bertz CT molecular complexity index is 363. The minimum absolute atomic E-state index is 0.0541. The normalized spacial score (nSPS) is 44.2. The van der Waals surface area contributed by atoms with E-state index in [-0.39, 0.29) is 17.1 Å². The van der Waals surface area contributed by atoms with Crippen molar-refractivity contribution < 1.29 is 9.90 Å². The predicted molar refractivity (Wildman–Crippen MR) is 68.6 cm³/mol. The van der Waals surface area contributed by atoms with Crippen LogP contribution in [0.15, 0.2) is 11.6 Å². The maximum atomic E-state index is 11.8. The zero-order chi connectivity index (χ0) is 12.8. The predicted octanol–water partition coefficient (Wildman–Crippen LogP) is 3.10. The number of hydrogen-bond acceptors (Lipinski definition) is 2. The fourth-order valence-electron chi connectivity index (χ4n) is 3.81. The highest BCUT2D eigenvalue weighted by atomic mass is 16.3. The number of allylic oxidation sites excluding steroid dienone is 2. The van der Waals surface area contributed by atoms with E-state index in [1.807, 2.05) is 0 Å². The highest BCUT2D eigenvalue weighted by molar-refractivity contribution is 5.89. The van der Waals surface area contributed by atoms with Crippen LogP contribution in [0.4, 0.5) is 0 Å². The minimum atomic E-state index is -1.07. The molecule has 3 aliphatic rings. The summed E-state index contributed by atoms with van der Waals surface area (Å²) in [4.78, 5) is 11.8. The van der Waals surface area contributed by atoms with Crippen LogP contribution in [0, 0.1) is 17.3 Å². The number of aliphatic hydroxyl groups is 1. The molecular weight excluding hydrogens is 212 g/mol. The highest BCUT2D eigenvalue weighted by Crippen LogP contribution is 2.63. The molecule has 0 amide bonds. The van der Waals surface area contributed by atoms with Gasteiger partial charge in [0.15, 0.2) is 5.78 Å². The summed E-state index contributed by atoms with van der Waals surface area (Å²) in [6.45, 7) is 8.20. The van der Waals surface area contributed by atoms with Gasteiger partial charge in [-0.25, -0.2) is 0 Å². The molecule has 2 nitrogen and oxygen atoms in total. The molecule has 17 heavy (non-hydrogen) atoms. The van der Waals surface area contributed by atoms with Gasteiger partial charge in [-0.3, -0.25) is 4.79 Å². The second kappa shape index (κ2) is 3.94. The summed E-state index contributed by atoms with van der Waals surface area (Å²) < 4.78 is 0. The summed E-state index contributed by atoms with van der Waals surface area (Å²) in [5, 5.41) is 10.3. The van der Waals surface area contributed by atoms with E-state index in [2.05, 4.69) is 26.8 Å². The quantitative estimate of drug-likeness (QED) is 0.764. The van der Waals surface area contributed by atoms with Gasteiger partial charge in [-0.05, 0) is 51.4 Å². The Kier molecular flexibility index (Phi) is 2.97. The van der Waals surface area contributed by atoms with Crippen molar-refractivity contribution in [1.82, 2.24) is 0 Å². The Labute approximate surface area is 104 Å². The summed E-state index contributed by atoms with van der Waals surface area (Å²) in [7, 11) is 0. The SMILES string of the molecule is CC(C)=CCC[C@]1(C)[C@H]2CC(=O)[C@](C)(O)[C@@H]1C2. The van der Waals surface area contributed by atoms with Crippen LogP contribution in [0.1, 0.15) is 53.4 Å². The van der Waals surface area contributed by atoms with E-state index in [0.717, 1.165) is 19.3 Å². The molecular formula is C15H24O2. The molecule has 0 saturated heterocycles. The lowest BCUT2D eigenvalue weighted by atomic mass is 9.42. The summed E-state index contributed by atoms with van der Waals surface area (Å²) in [5.41, 5.74) is 0.443. The number of carbonyl (C=O) groups excluding carboxylic acids is 1. The molecule has 2 heteroatoms. The van der Waals surface area contributed by atoms with Crippen molar-refractivity contribution in [3.05, 3.63) is 11.6 Å². The van der Waals surface area contributed by atoms with E-state index >= 15 is 0 Å². The molecule has 0 radical (unpaired) electrons. The Morgan fingerprint density at radius 1 is 1.47 bits per heavy atom. The molecule has 3 rings (SSSR count). The first-order valence-corrected chi connectivity index (χ1v) is 6.67. The van der Waals surface area contributed by atoms with Crippen LogP contribution in [-0.4, -0.2) is 16.5 Å². The third kappa shape index (κ3) is 1.87. The summed E-state index contributed by atoms with van der Waals surface area (Å²) in [6.07, 6.45) is 6.03. The molecule has 2 bridgehead atoms. The summed E-state index contributed by atoms with van der Waals surface area (Å²) in [6, 6.07) is 0. The van der Waals surface area contributed by atoms with Gasteiger partial charge in [0, 0.05) is 12.3 Å². The van der Waals surface area contributed by atoms with Crippen LogP contribution in [0.2, 0.25) is 0 Å². The van der Waals surface area contributed by atoms with Crippen molar-refractivity contribution in [1.29, 1.82) is 0 Å². The van der Waals surface area contributed by atoms with Crippen LogP contribution in [-0.2, 0) is 4.79 Å². The van der Waals surface area contributed by atoms with Crippen molar-refractivity contribution in [3.8, 4) is 0 Å². The largest absolute Gasteiger partial charge is 0.382 e. The second-order valence-electron chi connectivity index (χ2n) is 6.59. The van der Waals surface area contributed by atoms with Crippen LogP contribution in [0.3, 0.4) is 0 Å². The smallest absolute Gasteiger partial charge is 0.164 e. The van der Waals surface area contributed by atoms with E-state index in [9.17, 15) is 9.90 Å². The summed E-state index contributed by atoms with van der Waals surface area (Å²) in [5.74, 6) is 0.732. The van der Waals surface area contributed by atoms with Gasteiger partial charge in [-0.15, -0.1) is 0 Å². The third-order valence-electron chi connectivity index (χ3n) is 5.16. The molecule has 3 saturated carbocycles. The third-order valence-corrected chi connectivity index (χ3v) is 5.16. The number of hydrogen-bond donors (Lipinski definition) is 1. The molecule has 1 N–H and O–H groups in total. The number of carbonyl (C=O) groups is 1. The molecule has 3 aliphatic carbocycles. The molecule has 4 atom stereocenters. The molecule has 0 aromatic rings. The van der Waals surface area contributed by atoms with Gasteiger partial charge in [0.25, 0.3) is 0 Å². The number of fused-ring (bicyclic) bond motifs is 2. The molecule has 0 aliphatic heterocycles. The molecule has 0 unspecified atom stereocenters.